The van der Waals surface area contributed by atoms with Gasteiger partial charge < -0.3 is 10.4 Å². The second kappa shape index (κ2) is 6.84. The molecule has 0 fully saturated rings. The lowest BCUT2D eigenvalue weighted by Crippen LogP contribution is -2.21. The first-order valence-corrected chi connectivity index (χ1v) is 7.03. The number of nitrogens with zero attached hydrogens (tertiary/aromatic N) is 3. The number of aryl methyl sites for hydroxylation is 1. The van der Waals surface area contributed by atoms with Crippen molar-refractivity contribution in [3.63, 3.8) is 0 Å². The molecule has 2 N–H and O–H groups in total. The van der Waals surface area contributed by atoms with Crippen LogP contribution < -0.4 is 5.32 Å². The van der Waals surface area contributed by atoms with E-state index in [0.717, 1.165) is 12.0 Å². The van der Waals surface area contributed by atoms with E-state index in [2.05, 4.69) is 15.6 Å². The molecule has 2 rings (SSSR count). The maximum absolute atomic E-state index is 12.1. The predicted molar refractivity (Wildman–Crippen MR) is 80.8 cm³/mol. The van der Waals surface area contributed by atoms with Crippen LogP contribution in [0, 0.1) is 6.92 Å². The number of carbonyl (C=O) groups is 2. The van der Waals surface area contributed by atoms with E-state index in [9.17, 15) is 9.59 Å². The van der Waals surface area contributed by atoms with Crippen LogP contribution >= 0.6 is 0 Å². The molecule has 0 saturated heterocycles. The summed E-state index contributed by atoms with van der Waals surface area (Å²) in [6.07, 6.45) is 1.25. The summed E-state index contributed by atoms with van der Waals surface area (Å²) < 4.78 is 1.34. The van der Waals surface area contributed by atoms with E-state index in [0.29, 0.717) is 17.8 Å². The summed E-state index contributed by atoms with van der Waals surface area (Å²) in [7, 11) is 0. The highest BCUT2D eigenvalue weighted by molar-refractivity contribution is 5.91. The van der Waals surface area contributed by atoms with Crippen molar-refractivity contribution < 1.29 is 14.7 Å². The van der Waals surface area contributed by atoms with E-state index in [4.69, 9.17) is 5.11 Å². The number of anilines is 1. The average Bonchev–Trinajstić information content (AvgIpc) is 2.85. The van der Waals surface area contributed by atoms with Gasteiger partial charge in [0.25, 0.3) is 0 Å². The molecule has 7 nitrogen and oxygen atoms in total. The van der Waals surface area contributed by atoms with E-state index >= 15 is 0 Å². The third-order valence-corrected chi connectivity index (χ3v) is 3.16. The second-order valence-corrected chi connectivity index (χ2v) is 5.01. The summed E-state index contributed by atoms with van der Waals surface area (Å²) in [5, 5.41) is 19.3. The minimum Gasteiger partial charge on any atom is -0.476 e. The number of carboxylic acid groups (broad SMARTS) is 1. The first-order valence-electron chi connectivity index (χ1n) is 7.03. The number of rotatable bonds is 6. The lowest BCUT2D eigenvalue weighted by molar-refractivity contribution is -0.117. The van der Waals surface area contributed by atoms with Crippen LogP contribution in [0.15, 0.2) is 24.3 Å². The van der Waals surface area contributed by atoms with Crippen LogP contribution in [0.5, 0.6) is 0 Å². The molecule has 1 amide bonds. The highest BCUT2D eigenvalue weighted by Crippen LogP contribution is 2.11. The molecule has 0 aliphatic carbocycles. The van der Waals surface area contributed by atoms with Gasteiger partial charge in [-0.1, -0.05) is 36.3 Å². The molecular weight excluding hydrogens is 284 g/mol. The monoisotopic (exact) mass is 302 g/mol. The predicted octanol–water partition coefficient (Wildman–Crippen LogP) is 1.88. The van der Waals surface area contributed by atoms with Crippen LogP contribution in [-0.4, -0.2) is 32.0 Å². The van der Waals surface area contributed by atoms with Crippen molar-refractivity contribution >= 4 is 17.6 Å². The molecule has 0 unspecified atom stereocenters. The molecule has 22 heavy (non-hydrogen) atoms. The smallest absolute Gasteiger partial charge is 0.358 e. The zero-order chi connectivity index (χ0) is 16.1. The Morgan fingerprint density at radius 2 is 1.95 bits per heavy atom. The lowest BCUT2D eigenvalue weighted by atomic mass is 10.2. The summed E-state index contributed by atoms with van der Waals surface area (Å²) in [6.45, 7) is 3.82. The summed E-state index contributed by atoms with van der Waals surface area (Å²) in [5.74, 6) is -1.41. The zero-order valence-corrected chi connectivity index (χ0v) is 12.5. The van der Waals surface area contributed by atoms with Gasteiger partial charge in [-0.25, -0.2) is 9.48 Å². The summed E-state index contributed by atoms with van der Waals surface area (Å²) in [6, 6.07) is 7.42. The van der Waals surface area contributed by atoms with Gasteiger partial charge in [-0.05, 0) is 25.5 Å². The number of aromatic carboxylic acids is 1. The van der Waals surface area contributed by atoms with Crippen molar-refractivity contribution in [3.05, 3.63) is 41.2 Å². The van der Waals surface area contributed by atoms with Crippen LogP contribution in [0.3, 0.4) is 0 Å². The fraction of sp³-hybridized carbons (Fsp3) is 0.333. The van der Waals surface area contributed by atoms with E-state index in [1.807, 2.05) is 38.1 Å². The number of amides is 1. The van der Waals surface area contributed by atoms with Gasteiger partial charge in [-0.3, -0.25) is 4.79 Å². The number of hydrogen-bond acceptors (Lipinski definition) is 4. The van der Waals surface area contributed by atoms with Gasteiger partial charge in [0.1, 0.15) is 6.54 Å². The number of hydrogen-bond donors (Lipinski definition) is 2. The van der Waals surface area contributed by atoms with Gasteiger partial charge in [0.2, 0.25) is 5.91 Å². The second-order valence-electron chi connectivity index (χ2n) is 5.01. The maximum Gasteiger partial charge on any atom is 0.358 e. The molecule has 0 aliphatic rings. The largest absolute Gasteiger partial charge is 0.476 e. The molecule has 0 aliphatic heterocycles. The van der Waals surface area contributed by atoms with Crippen LogP contribution in [0.2, 0.25) is 0 Å². The van der Waals surface area contributed by atoms with Gasteiger partial charge in [0.15, 0.2) is 5.69 Å². The van der Waals surface area contributed by atoms with E-state index in [-0.39, 0.29) is 18.1 Å². The van der Waals surface area contributed by atoms with Crippen molar-refractivity contribution in [2.75, 3.05) is 5.32 Å². The molecule has 116 valence electrons. The van der Waals surface area contributed by atoms with Crippen LogP contribution in [0.25, 0.3) is 0 Å². The third-order valence-electron chi connectivity index (χ3n) is 3.16. The van der Waals surface area contributed by atoms with Crippen molar-refractivity contribution in [3.8, 4) is 0 Å². The molecule has 1 aromatic heterocycles. The first-order chi connectivity index (χ1) is 10.5. The zero-order valence-electron chi connectivity index (χ0n) is 12.5. The highest BCUT2D eigenvalue weighted by atomic mass is 16.4. The minimum atomic E-state index is -1.13. The molecule has 0 atom stereocenters. The van der Waals surface area contributed by atoms with Gasteiger partial charge in [0, 0.05) is 5.69 Å². The van der Waals surface area contributed by atoms with Crippen molar-refractivity contribution in [1.82, 2.24) is 15.0 Å². The summed E-state index contributed by atoms with van der Waals surface area (Å²) in [4.78, 5) is 23.2. The maximum atomic E-state index is 12.1. The number of benzene rings is 1. The van der Waals surface area contributed by atoms with Gasteiger partial charge in [-0.15, -0.1) is 5.10 Å². The first kappa shape index (κ1) is 15.7. The van der Waals surface area contributed by atoms with E-state index in [1.54, 1.807) is 0 Å². The van der Waals surface area contributed by atoms with Crippen molar-refractivity contribution in [2.24, 2.45) is 0 Å². The van der Waals surface area contributed by atoms with Gasteiger partial charge in [0.05, 0.1) is 5.69 Å². The number of carboxylic acids is 1. The molecular formula is C15H18N4O3. The number of nitrogens with one attached hydrogen (secondary N) is 1. The quantitative estimate of drug-likeness (QED) is 0.849. The molecule has 0 bridgehead atoms. The molecule has 7 heteroatoms. The normalized spacial score (nSPS) is 10.5. The Labute approximate surface area is 128 Å². The SMILES string of the molecule is CCCc1c(C(=O)O)nnn1CC(=O)Nc1ccc(C)cc1. The summed E-state index contributed by atoms with van der Waals surface area (Å²) in [5.41, 5.74) is 2.16. The van der Waals surface area contributed by atoms with Gasteiger partial charge in [-0.2, -0.15) is 0 Å². The molecule has 2 aromatic rings. The highest BCUT2D eigenvalue weighted by Gasteiger charge is 2.19. The third kappa shape index (κ3) is 3.69. The number of carbonyl (C=O) groups excluding carboxylic acids is 1. The van der Waals surface area contributed by atoms with E-state index < -0.39 is 5.97 Å². The van der Waals surface area contributed by atoms with Crippen LogP contribution in [0.4, 0.5) is 5.69 Å². The summed E-state index contributed by atoms with van der Waals surface area (Å²) >= 11 is 0. The van der Waals surface area contributed by atoms with Crippen LogP contribution in [0.1, 0.15) is 35.1 Å². The molecule has 1 aromatic carbocycles. The fourth-order valence-electron chi connectivity index (χ4n) is 2.08. The molecule has 1 heterocycles. The van der Waals surface area contributed by atoms with Crippen molar-refractivity contribution in [2.45, 2.75) is 33.2 Å². The lowest BCUT2D eigenvalue weighted by Gasteiger charge is -2.08. The number of aromatic nitrogens is 3. The fourth-order valence-corrected chi connectivity index (χ4v) is 2.08. The Balaban J connectivity index is 2.11. The average molecular weight is 302 g/mol. The topological polar surface area (TPSA) is 97.1 Å². The van der Waals surface area contributed by atoms with Gasteiger partial charge >= 0.3 is 5.97 Å². The Morgan fingerprint density at radius 1 is 1.27 bits per heavy atom. The van der Waals surface area contributed by atoms with Crippen LogP contribution in [-0.2, 0) is 17.8 Å². The standard InChI is InChI=1S/C15H18N4O3/c1-3-4-12-14(15(21)22)17-18-19(12)9-13(20)16-11-7-5-10(2)6-8-11/h5-8H,3-4,9H2,1-2H3,(H,16,20)(H,21,22). The minimum absolute atomic E-state index is 0.0660. The molecule has 0 radical (unpaired) electrons. The Kier molecular flexibility index (Phi) is 4.88. The molecule has 0 saturated carbocycles. The Bertz CT molecular complexity index is 677. The van der Waals surface area contributed by atoms with Crippen molar-refractivity contribution in [1.29, 1.82) is 0 Å². The van der Waals surface area contributed by atoms with E-state index in [1.165, 1.54) is 4.68 Å². The Morgan fingerprint density at radius 3 is 2.55 bits per heavy atom. The molecule has 0 spiro atoms. The Hall–Kier alpha value is -2.70.